The fourth-order valence-electron chi connectivity index (χ4n) is 5.98. The van der Waals surface area contributed by atoms with Crippen LogP contribution in [0.1, 0.15) is 53.6 Å². The first-order valence-electron chi connectivity index (χ1n) is 14.8. The van der Waals surface area contributed by atoms with E-state index in [-0.39, 0.29) is 36.3 Å². The van der Waals surface area contributed by atoms with Crippen molar-refractivity contribution in [3.05, 3.63) is 82.9 Å². The van der Waals surface area contributed by atoms with Gasteiger partial charge in [0.15, 0.2) is 0 Å². The van der Waals surface area contributed by atoms with Gasteiger partial charge < -0.3 is 23.7 Å². The highest BCUT2D eigenvalue weighted by Crippen LogP contribution is 2.31. The van der Waals surface area contributed by atoms with E-state index >= 15 is 0 Å². The lowest BCUT2D eigenvalue weighted by atomic mass is 10.1. The number of carbonyl (C=O) groups excluding carboxylic acids is 1. The third-order valence-corrected chi connectivity index (χ3v) is 8.52. The van der Waals surface area contributed by atoms with E-state index in [0.717, 1.165) is 55.3 Å². The molecule has 3 atom stereocenters. The van der Waals surface area contributed by atoms with Crippen molar-refractivity contribution in [2.75, 3.05) is 38.3 Å². The summed E-state index contributed by atoms with van der Waals surface area (Å²) >= 11 is 0. The fourth-order valence-corrected chi connectivity index (χ4v) is 5.98. The summed E-state index contributed by atoms with van der Waals surface area (Å²) < 4.78 is 33.1. The molecule has 0 saturated carbocycles. The molecule has 0 aliphatic carbocycles. The molecular formula is C33H35FN6O4. The standard InChI is InChI=1S/C33H35FN6O4/c1-21-18-38(30-5-4-6-31(37-30)44-20-25-8-7-23(17-35)15-27(25)34)12-13-39(21)22(2)32-36-28-10-9-24(33(41)42-3)16-29(28)40(32)19-26-11-14-43-26/h4-10,15-16,21-22,26H,11-14,18-20H2,1-3H3/t21-,22-,26-/m0/s1. The highest BCUT2D eigenvalue weighted by Gasteiger charge is 2.32. The molecule has 228 valence electrons. The summed E-state index contributed by atoms with van der Waals surface area (Å²) in [5, 5.41) is 8.97. The van der Waals surface area contributed by atoms with Crippen molar-refractivity contribution in [1.29, 1.82) is 5.26 Å². The zero-order valence-corrected chi connectivity index (χ0v) is 25.1. The molecule has 10 nitrogen and oxygen atoms in total. The summed E-state index contributed by atoms with van der Waals surface area (Å²) in [6, 6.07) is 17.6. The van der Waals surface area contributed by atoms with Gasteiger partial charge in [0, 0.05) is 43.9 Å². The number of ether oxygens (including phenoxy) is 3. The van der Waals surface area contributed by atoms with Crippen LogP contribution in [-0.4, -0.2) is 70.9 Å². The van der Waals surface area contributed by atoms with Gasteiger partial charge in [0.05, 0.1) is 54.0 Å². The molecule has 0 amide bonds. The van der Waals surface area contributed by atoms with E-state index in [0.29, 0.717) is 23.6 Å². The molecule has 0 N–H and O–H groups in total. The number of imidazole rings is 1. The molecule has 2 fully saturated rings. The second-order valence-electron chi connectivity index (χ2n) is 11.3. The Balaban J connectivity index is 1.16. The van der Waals surface area contributed by atoms with Gasteiger partial charge in [-0.15, -0.1) is 0 Å². The molecule has 6 rings (SSSR count). The van der Waals surface area contributed by atoms with Crippen molar-refractivity contribution in [2.45, 2.75) is 51.6 Å². The van der Waals surface area contributed by atoms with E-state index in [1.807, 2.05) is 30.3 Å². The summed E-state index contributed by atoms with van der Waals surface area (Å²) in [7, 11) is 1.39. The van der Waals surface area contributed by atoms with Gasteiger partial charge in [-0.05, 0) is 56.7 Å². The molecule has 0 unspecified atom stereocenters. The molecule has 2 aliphatic heterocycles. The molecule has 2 aliphatic rings. The third kappa shape index (κ3) is 5.96. The molecule has 11 heteroatoms. The van der Waals surface area contributed by atoms with Crippen LogP contribution in [0.3, 0.4) is 0 Å². The molecule has 2 saturated heterocycles. The van der Waals surface area contributed by atoms with Crippen molar-refractivity contribution < 1.29 is 23.4 Å². The maximum Gasteiger partial charge on any atom is 0.337 e. The number of carbonyl (C=O) groups is 1. The quantitative estimate of drug-likeness (QED) is 0.250. The molecule has 4 heterocycles. The van der Waals surface area contributed by atoms with E-state index in [2.05, 4.69) is 28.2 Å². The lowest BCUT2D eigenvalue weighted by Gasteiger charge is -2.43. The maximum absolute atomic E-state index is 14.3. The number of anilines is 1. The number of aromatic nitrogens is 3. The normalized spacial score (nSPS) is 19.3. The predicted octanol–water partition coefficient (Wildman–Crippen LogP) is 4.87. The van der Waals surface area contributed by atoms with E-state index in [1.54, 1.807) is 24.3 Å². The minimum atomic E-state index is -0.475. The first kappa shape index (κ1) is 29.5. The minimum absolute atomic E-state index is 0.0176. The Morgan fingerprint density at radius 2 is 2.02 bits per heavy atom. The molecule has 4 aromatic rings. The Kier molecular flexibility index (Phi) is 8.46. The van der Waals surface area contributed by atoms with Gasteiger partial charge >= 0.3 is 5.97 Å². The van der Waals surface area contributed by atoms with E-state index in [9.17, 15) is 9.18 Å². The number of hydrogen-bond donors (Lipinski definition) is 0. The summed E-state index contributed by atoms with van der Waals surface area (Å²) in [6.45, 7) is 8.15. The predicted molar refractivity (Wildman–Crippen MR) is 162 cm³/mol. The molecule has 0 radical (unpaired) electrons. The van der Waals surface area contributed by atoms with Gasteiger partial charge in [-0.3, -0.25) is 4.90 Å². The number of nitrogens with zero attached hydrogens (tertiary/aromatic N) is 6. The van der Waals surface area contributed by atoms with Gasteiger partial charge in [0.2, 0.25) is 5.88 Å². The topological polar surface area (TPSA) is 106 Å². The number of fused-ring (bicyclic) bond motifs is 1. The number of esters is 1. The Hall–Kier alpha value is -4.53. The second kappa shape index (κ2) is 12.6. The lowest BCUT2D eigenvalue weighted by Crippen LogP contribution is -2.53. The number of rotatable bonds is 9. The SMILES string of the molecule is COC(=O)c1ccc2nc([C@H](C)N3CCN(c4cccc(OCc5ccc(C#N)cc5F)n4)C[C@@H]3C)n(C[C@@H]3CCO3)c2c1. The van der Waals surface area contributed by atoms with Gasteiger partial charge in [0.25, 0.3) is 0 Å². The first-order chi connectivity index (χ1) is 21.3. The zero-order chi connectivity index (χ0) is 30.8. The van der Waals surface area contributed by atoms with Crippen LogP contribution in [0.25, 0.3) is 11.0 Å². The van der Waals surface area contributed by atoms with Gasteiger partial charge in [-0.2, -0.15) is 10.2 Å². The van der Waals surface area contributed by atoms with Gasteiger partial charge in [0.1, 0.15) is 24.1 Å². The maximum atomic E-state index is 14.3. The molecule has 0 bridgehead atoms. The Labute approximate surface area is 255 Å². The zero-order valence-electron chi connectivity index (χ0n) is 25.1. The average molecular weight is 599 g/mol. The van der Waals surface area contributed by atoms with Crippen molar-refractivity contribution >= 4 is 22.8 Å². The Bertz CT molecular complexity index is 1710. The van der Waals surface area contributed by atoms with Crippen LogP contribution in [-0.2, 0) is 22.6 Å². The molecular weight excluding hydrogens is 563 g/mol. The number of halogens is 1. The van der Waals surface area contributed by atoms with Crippen molar-refractivity contribution in [1.82, 2.24) is 19.4 Å². The van der Waals surface area contributed by atoms with E-state index < -0.39 is 5.82 Å². The Morgan fingerprint density at radius 1 is 1.18 bits per heavy atom. The van der Waals surface area contributed by atoms with Crippen LogP contribution in [0.5, 0.6) is 5.88 Å². The van der Waals surface area contributed by atoms with Crippen LogP contribution in [0.4, 0.5) is 10.2 Å². The van der Waals surface area contributed by atoms with E-state index in [1.165, 1.54) is 13.2 Å². The molecule has 44 heavy (non-hydrogen) atoms. The smallest absolute Gasteiger partial charge is 0.337 e. The van der Waals surface area contributed by atoms with Crippen LogP contribution in [0, 0.1) is 17.1 Å². The number of nitriles is 1. The molecule has 0 spiro atoms. The summed E-state index contributed by atoms with van der Waals surface area (Å²) in [5.74, 6) is 1.31. The van der Waals surface area contributed by atoms with Crippen molar-refractivity contribution in [3.63, 3.8) is 0 Å². The fraction of sp³-hybridized carbons (Fsp3) is 0.394. The summed E-state index contributed by atoms with van der Waals surface area (Å²) in [4.78, 5) is 26.7. The van der Waals surface area contributed by atoms with Gasteiger partial charge in [-0.1, -0.05) is 12.1 Å². The van der Waals surface area contributed by atoms with Crippen LogP contribution in [0.15, 0.2) is 54.6 Å². The van der Waals surface area contributed by atoms with Crippen LogP contribution in [0.2, 0.25) is 0 Å². The van der Waals surface area contributed by atoms with E-state index in [4.69, 9.17) is 29.4 Å². The number of hydrogen-bond acceptors (Lipinski definition) is 9. The summed E-state index contributed by atoms with van der Waals surface area (Å²) in [6.07, 6.45) is 1.13. The number of benzene rings is 2. The second-order valence-corrected chi connectivity index (χ2v) is 11.3. The highest BCUT2D eigenvalue weighted by molar-refractivity contribution is 5.93. The number of methoxy groups -OCH3 is 1. The largest absolute Gasteiger partial charge is 0.473 e. The summed E-state index contributed by atoms with van der Waals surface area (Å²) in [5.41, 5.74) is 2.87. The minimum Gasteiger partial charge on any atom is -0.473 e. The van der Waals surface area contributed by atoms with Crippen LogP contribution >= 0.6 is 0 Å². The lowest BCUT2D eigenvalue weighted by molar-refractivity contribution is -0.0595. The Morgan fingerprint density at radius 3 is 2.73 bits per heavy atom. The van der Waals surface area contributed by atoms with Crippen molar-refractivity contribution in [2.24, 2.45) is 0 Å². The highest BCUT2D eigenvalue weighted by atomic mass is 19.1. The van der Waals surface area contributed by atoms with Crippen LogP contribution < -0.4 is 9.64 Å². The average Bonchev–Trinajstić information content (AvgIpc) is 3.39. The third-order valence-electron chi connectivity index (χ3n) is 8.52. The number of pyridine rings is 1. The molecule has 2 aromatic heterocycles. The van der Waals surface area contributed by atoms with Gasteiger partial charge in [-0.25, -0.2) is 14.2 Å². The monoisotopic (exact) mass is 598 g/mol. The number of piperazine rings is 1. The first-order valence-corrected chi connectivity index (χ1v) is 14.8. The van der Waals surface area contributed by atoms with Crippen molar-refractivity contribution in [3.8, 4) is 11.9 Å². The molecule has 2 aromatic carbocycles.